The van der Waals surface area contributed by atoms with E-state index in [2.05, 4.69) is 14.7 Å². The van der Waals surface area contributed by atoms with Gasteiger partial charge in [-0.05, 0) is 37.5 Å². The Morgan fingerprint density at radius 3 is 2.25 bits per heavy atom. The van der Waals surface area contributed by atoms with E-state index in [0.717, 1.165) is 5.56 Å². The number of benzene rings is 1. The Hall–Kier alpha value is -2.76. The molecule has 0 saturated heterocycles. The molecule has 194 valence electrons. The maximum absolute atomic E-state index is 12.5. The fourth-order valence-corrected chi connectivity index (χ4v) is 4.35. The highest BCUT2D eigenvalue weighted by molar-refractivity contribution is 6.30. The highest BCUT2D eigenvalue weighted by atomic mass is 35.5. The van der Waals surface area contributed by atoms with Crippen molar-refractivity contribution >= 4 is 23.7 Å². The molecule has 2 heterocycles. The third kappa shape index (κ3) is 5.96. The molecule has 1 saturated carbocycles. The van der Waals surface area contributed by atoms with Crippen molar-refractivity contribution in [2.24, 2.45) is 5.92 Å². The molecule has 15 heteroatoms. The van der Waals surface area contributed by atoms with Crippen molar-refractivity contribution in [2.75, 3.05) is 0 Å². The molecule has 2 aliphatic rings. The molecule has 0 bridgehead atoms. The first-order valence-electron chi connectivity index (χ1n) is 10.6. The minimum absolute atomic E-state index is 0.100. The van der Waals surface area contributed by atoms with Crippen LogP contribution in [0.4, 0.5) is 4.79 Å². The van der Waals surface area contributed by atoms with Gasteiger partial charge in [-0.1, -0.05) is 23.7 Å². The number of ether oxygens (including phenoxy) is 3. The van der Waals surface area contributed by atoms with Crippen LogP contribution in [0.25, 0.3) is 0 Å². The first-order chi connectivity index (χ1) is 17.1. The Bertz CT molecular complexity index is 1100. The van der Waals surface area contributed by atoms with Crippen molar-refractivity contribution in [3.63, 3.8) is 0 Å². The van der Waals surface area contributed by atoms with Crippen LogP contribution >= 0.6 is 11.6 Å². The van der Waals surface area contributed by atoms with Gasteiger partial charge in [0.05, 0.1) is 29.0 Å². The standard InChI is InChI=1S/C21H22ClN3O11/c1-10-18(15-9-32-19(14(15)8-23-10)11-2-4-13(22)5-3-11)33-21(27)34-20(26)12-6-16(35-24(28)29)17(7-12)36-25(30)31/h2-5,8,12,16-17,19,28-31H,6-7,9H2,1H3/t12?,16?,17?,19-/m0/s1. The van der Waals surface area contributed by atoms with Gasteiger partial charge in [-0.3, -0.25) is 30.6 Å². The van der Waals surface area contributed by atoms with Crippen molar-refractivity contribution in [1.82, 2.24) is 15.8 Å². The largest absolute Gasteiger partial charge is 0.521 e. The lowest BCUT2D eigenvalue weighted by Gasteiger charge is -2.20. The number of esters is 1. The van der Waals surface area contributed by atoms with Crippen molar-refractivity contribution in [2.45, 2.75) is 44.7 Å². The fourth-order valence-electron chi connectivity index (χ4n) is 4.22. The summed E-state index contributed by atoms with van der Waals surface area (Å²) < 4.78 is 16.0. The molecule has 1 aromatic carbocycles. The van der Waals surface area contributed by atoms with E-state index in [1.807, 2.05) is 12.1 Å². The SMILES string of the molecule is Cc1ncc2c(c1OC(=O)OC(=O)C1CC(ON(O)O)C(ON(O)O)C1)CO[C@H]2c1ccc(Cl)cc1. The Kier molecular flexibility index (Phi) is 8.11. The minimum atomic E-state index is -1.31. The van der Waals surface area contributed by atoms with Crippen LogP contribution in [-0.4, -0.2) is 60.9 Å². The van der Waals surface area contributed by atoms with Crippen molar-refractivity contribution in [3.8, 4) is 5.75 Å². The molecule has 1 aromatic heterocycles. The van der Waals surface area contributed by atoms with Gasteiger partial charge in [0.15, 0.2) is 5.75 Å². The van der Waals surface area contributed by atoms with Crippen LogP contribution < -0.4 is 4.74 Å². The molecule has 0 spiro atoms. The molecule has 2 aromatic rings. The summed E-state index contributed by atoms with van der Waals surface area (Å²) >= 11 is 5.96. The molecule has 0 radical (unpaired) electrons. The molecule has 0 amide bonds. The van der Waals surface area contributed by atoms with Gasteiger partial charge in [-0.2, -0.15) is 0 Å². The predicted octanol–water partition coefficient (Wildman–Crippen LogP) is 2.88. The highest BCUT2D eigenvalue weighted by Crippen LogP contribution is 2.41. The van der Waals surface area contributed by atoms with Crippen LogP contribution in [-0.2, 0) is 30.6 Å². The lowest BCUT2D eigenvalue weighted by molar-refractivity contribution is -0.535. The molecule has 1 aliphatic carbocycles. The molecule has 1 fully saturated rings. The van der Waals surface area contributed by atoms with Crippen molar-refractivity contribution in [3.05, 3.63) is 57.9 Å². The number of carbonyl (C=O) groups is 2. The topological polar surface area (TPSA) is 181 Å². The van der Waals surface area contributed by atoms with Gasteiger partial charge in [-0.25, -0.2) is 14.5 Å². The second kappa shape index (κ2) is 11.1. The molecular formula is C21H22ClN3O11. The summed E-state index contributed by atoms with van der Waals surface area (Å²) in [4.78, 5) is 38.5. The molecule has 4 N–H and O–H groups in total. The van der Waals surface area contributed by atoms with Crippen molar-refractivity contribution in [1.29, 1.82) is 0 Å². The summed E-state index contributed by atoms with van der Waals surface area (Å²) in [6.07, 6.45) is -2.89. The minimum Gasteiger partial charge on any atom is -0.392 e. The van der Waals surface area contributed by atoms with Gasteiger partial charge in [0.2, 0.25) is 0 Å². The van der Waals surface area contributed by atoms with Crippen LogP contribution in [0, 0.1) is 12.8 Å². The zero-order valence-corrected chi connectivity index (χ0v) is 19.4. The molecule has 2 unspecified atom stereocenters. The quantitative estimate of drug-likeness (QED) is 0.234. The summed E-state index contributed by atoms with van der Waals surface area (Å²) in [5.74, 6) is -1.94. The molecule has 4 rings (SSSR count). The third-order valence-corrected chi connectivity index (χ3v) is 6.06. The Balaban J connectivity index is 1.43. The van der Waals surface area contributed by atoms with E-state index in [0.29, 0.717) is 21.8 Å². The third-order valence-electron chi connectivity index (χ3n) is 5.81. The maximum atomic E-state index is 12.5. The van der Waals surface area contributed by atoms with Crippen LogP contribution in [0.1, 0.15) is 41.3 Å². The second-order valence-electron chi connectivity index (χ2n) is 8.08. The van der Waals surface area contributed by atoms with Gasteiger partial charge in [-0.15, -0.1) is 0 Å². The lowest BCUT2D eigenvalue weighted by atomic mass is 10.0. The average molecular weight is 528 g/mol. The number of fused-ring (bicyclic) bond motifs is 1. The molecule has 3 atom stereocenters. The Morgan fingerprint density at radius 2 is 1.67 bits per heavy atom. The van der Waals surface area contributed by atoms with E-state index in [4.69, 9.17) is 46.6 Å². The normalized spacial score (nSPS) is 23.2. The zero-order valence-electron chi connectivity index (χ0n) is 18.7. The maximum Gasteiger partial charge on any atom is 0.521 e. The van der Waals surface area contributed by atoms with Gasteiger partial charge in [0.25, 0.3) is 0 Å². The van der Waals surface area contributed by atoms with E-state index < -0.39 is 47.1 Å². The predicted molar refractivity (Wildman–Crippen MR) is 112 cm³/mol. The number of hydrogen-bond donors (Lipinski definition) is 4. The number of rotatable bonds is 7. The average Bonchev–Trinajstić information content (AvgIpc) is 3.40. The summed E-state index contributed by atoms with van der Waals surface area (Å²) in [5.41, 5.74) is 2.46. The van der Waals surface area contributed by atoms with E-state index >= 15 is 0 Å². The fraction of sp³-hybridized carbons (Fsp3) is 0.381. The highest BCUT2D eigenvalue weighted by Gasteiger charge is 2.43. The van der Waals surface area contributed by atoms with Crippen LogP contribution in [0.5, 0.6) is 5.75 Å². The number of pyridine rings is 1. The molecule has 14 nitrogen and oxygen atoms in total. The zero-order chi connectivity index (χ0) is 26.0. The lowest BCUT2D eigenvalue weighted by Crippen LogP contribution is -2.35. The monoisotopic (exact) mass is 527 g/mol. The number of halogens is 1. The number of aromatic nitrogens is 1. The molecule has 1 aliphatic heterocycles. The van der Waals surface area contributed by atoms with Crippen LogP contribution in [0.2, 0.25) is 5.02 Å². The summed E-state index contributed by atoms with van der Waals surface area (Å²) in [6, 6.07) is 7.08. The summed E-state index contributed by atoms with van der Waals surface area (Å²) in [7, 11) is 0. The van der Waals surface area contributed by atoms with E-state index in [-0.39, 0.29) is 25.2 Å². The number of aryl methyl sites for hydroxylation is 1. The van der Waals surface area contributed by atoms with Crippen LogP contribution in [0.3, 0.4) is 0 Å². The number of carbonyl (C=O) groups excluding carboxylic acids is 2. The summed E-state index contributed by atoms with van der Waals surface area (Å²) in [6.45, 7) is 1.74. The summed E-state index contributed by atoms with van der Waals surface area (Å²) in [5, 5.41) is 34.8. The van der Waals surface area contributed by atoms with Gasteiger partial charge < -0.3 is 14.2 Å². The van der Waals surface area contributed by atoms with Gasteiger partial charge >= 0.3 is 12.1 Å². The smallest absolute Gasteiger partial charge is 0.392 e. The van der Waals surface area contributed by atoms with Gasteiger partial charge in [0, 0.05) is 22.3 Å². The van der Waals surface area contributed by atoms with Gasteiger partial charge in [0.1, 0.15) is 18.3 Å². The molecular weight excluding hydrogens is 506 g/mol. The second-order valence-corrected chi connectivity index (χ2v) is 8.52. The number of hydrogen-bond acceptors (Lipinski definition) is 14. The van der Waals surface area contributed by atoms with E-state index in [1.54, 1.807) is 25.3 Å². The first kappa shape index (κ1) is 26.3. The van der Waals surface area contributed by atoms with E-state index in [1.165, 1.54) is 0 Å². The number of nitrogens with zero attached hydrogens (tertiary/aromatic N) is 3. The van der Waals surface area contributed by atoms with Crippen LogP contribution in [0.15, 0.2) is 30.5 Å². The Morgan fingerprint density at radius 1 is 1.06 bits per heavy atom. The molecule has 36 heavy (non-hydrogen) atoms. The Labute approximate surface area is 208 Å². The first-order valence-corrected chi connectivity index (χ1v) is 11.0. The van der Waals surface area contributed by atoms with E-state index in [9.17, 15) is 9.59 Å². The van der Waals surface area contributed by atoms with Crippen molar-refractivity contribution < 1.29 is 54.3 Å².